The van der Waals surface area contributed by atoms with Gasteiger partial charge in [-0.1, -0.05) is 18.2 Å². The fraction of sp³-hybridized carbons (Fsp3) is 0.438. The van der Waals surface area contributed by atoms with Crippen LogP contribution in [0.5, 0.6) is 0 Å². The minimum atomic E-state index is -0.614. The van der Waals surface area contributed by atoms with Crippen LogP contribution in [0.3, 0.4) is 0 Å². The van der Waals surface area contributed by atoms with E-state index in [0.29, 0.717) is 13.0 Å². The maximum atomic E-state index is 11.7. The standard InChI is InChI=1S/C16H23N3O2/c1-11(20)14(17)10-19-16(21)8-4-5-12-9-18-15-7-3-2-6-13(12)15/h2-3,6-7,9,11,14,18,20H,4-5,8,10,17H2,1H3,(H,19,21). The summed E-state index contributed by atoms with van der Waals surface area (Å²) in [6, 6.07) is 7.74. The highest BCUT2D eigenvalue weighted by Gasteiger charge is 2.11. The summed E-state index contributed by atoms with van der Waals surface area (Å²) in [6.07, 6.45) is 3.51. The molecule has 2 atom stereocenters. The summed E-state index contributed by atoms with van der Waals surface area (Å²) >= 11 is 0. The first-order chi connectivity index (χ1) is 10.1. The predicted octanol–water partition coefficient (Wildman–Crippen LogP) is 1.31. The van der Waals surface area contributed by atoms with Crippen molar-refractivity contribution >= 4 is 16.8 Å². The number of amides is 1. The van der Waals surface area contributed by atoms with Crippen LogP contribution in [0.2, 0.25) is 0 Å². The minimum Gasteiger partial charge on any atom is -0.392 e. The quantitative estimate of drug-likeness (QED) is 0.619. The van der Waals surface area contributed by atoms with Crippen molar-refractivity contribution < 1.29 is 9.90 Å². The van der Waals surface area contributed by atoms with Gasteiger partial charge in [0.1, 0.15) is 0 Å². The second-order valence-electron chi connectivity index (χ2n) is 5.42. The summed E-state index contributed by atoms with van der Waals surface area (Å²) in [5.41, 5.74) is 8.02. The SMILES string of the molecule is CC(O)C(N)CNC(=O)CCCc1c[nH]c2ccccc12. The third-order valence-electron chi connectivity index (χ3n) is 3.68. The maximum absolute atomic E-state index is 11.7. The van der Waals surface area contributed by atoms with E-state index < -0.39 is 12.1 Å². The van der Waals surface area contributed by atoms with Crippen molar-refractivity contribution in [1.82, 2.24) is 10.3 Å². The molecule has 0 saturated heterocycles. The number of nitrogens with one attached hydrogen (secondary N) is 2. The number of fused-ring (bicyclic) bond motifs is 1. The normalized spacial score (nSPS) is 14.0. The minimum absolute atomic E-state index is 0.0223. The molecule has 2 aromatic rings. The zero-order chi connectivity index (χ0) is 15.2. The van der Waals surface area contributed by atoms with Gasteiger partial charge in [-0.05, 0) is 31.4 Å². The topological polar surface area (TPSA) is 91.1 Å². The molecule has 0 aliphatic rings. The number of carbonyl (C=O) groups excluding carboxylic acids is 1. The fourth-order valence-corrected chi connectivity index (χ4v) is 2.27. The largest absolute Gasteiger partial charge is 0.392 e. The molecule has 1 amide bonds. The summed E-state index contributed by atoms with van der Waals surface area (Å²) in [5.74, 6) is -0.0223. The first-order valence-corrected chi connectivity index (χ1v) is 7.33. The molecule has 0 fully saturated rings. The van der Waals surface area contributed by atoms with Gasteiger partial charge in [0, 0.05) is 36.1 Å². The van der Waals surface area contributed by atoms with E-state index in [2.05, 4.69) is 16.4 Å². The van der Waals surface area contributed by atoms with Crippen LogP contribution in [-0.2, 0) is 11.2 Å². The Kier molecular flexibility index (Phi) is 5.36. The molecular formula is C16H23N3O2. The van der Waals surface area contributed by atoms with Gasteiger partial charge in [0.2, 0.25) is 5.91 Å². The second-order valence-corrected chi connectivity index (χ2v) is 5.42. The average molecular weight is 289 g/mol. The number of hydrogen-bond acceptors (Lipinski definition) is 3. The summed E-state index contributed by atoms with van der Waals surface area (Å²) in [6.45, 7) is 1.93. The third kappa shape index (κ3) is 4.31. The van der Waals surface area contributed by atoms with E-state index in [1.54, 1.807) is 6.92 Å². The number of aromatic nitrogens is 1. The van der Waals surface area contributed by atoms with Crippen LogP contribution < -0.4 is 11.1 Å². The van der Waals surface area contributed by atoms with Gasteiger partial charge in [-0.3, -0.25) is 4.79 Å². The summed E-state index contributed by atoms with van der Waals surface area (Å²) in [7, 11) is 0. The molecule has 0 aliphatic heterocycles. The van der Waals surface area contributed by atoms with E-state index >= 15 is 0 Å². The van der Waals surface area contributed by atoms with Crippen LogP contribution in [0.1, 0.15) is 25.3 Å². The Labute approximate surface area is 124 Å². The van der Waals surface area contributed by atoms with Crippen molar-refractivity contribution in [3.8, 4) is 0 Å². The summed E-state index contributed by atoms with van der Waals surface area (Å²) in [4.78, 5) is 14.9. The van der Waals surface area contributed by atoms with Gasteiger partial charge in [-0.25, -0.2) is 0 Å². The number of aromatic amines is 1. The number of nitrogens with two attached hydrogens (primary N) is 1. The fourth-order valence-electron chi connectivity index (χ4n) is 2.27. The number of H-pyrrole nitrogens is 1. The molecule has 0 radical (unpaired) electrons. The molecule has 0 spiro atoms. The van der Waals surface area contributed by atoms with Gasteiger partial charge < -0.3 is 21.1 Å². The molecule has 0 bridgehead atoms. The molecule has 1 heterocycles. The van der Waals surface area contributed by atoms with E-state index in [4.69, 9.17) is 5.73 Å². The van der Waals surface area contributed by atoms with E-state index in [1.165, 1.54) is 10.9 Å². The molecular weight excluding hydrogens is 266 g/mol. The molecule has 21 heavy (non-hydrogen) atoms. The van der Waals surface area contributed by atoms with Crippen molar-refractivity contribution in [3.63, 3.8) is 0 Å². The zero-order valence-corrected chi connectivity index (χ0v) is 12.3. The number of benzene rings is 1. The molecule has 2 unspecified atom stereocenters. The second kappa shape index (κ2) is 7.24. The van der Waals surface area contributed by atoms with E-state index in [1.807, 2.05) is 24.4 Å². The Morgan fingerprint density at radius 1 is 1.43 bits per heavy atom. The van der Waals surface area contributed by atoms with Crippen LogP contribution in [0.25, 0.3) is 10.9 Å². The number of hydrogen-bond donors (Lipinski definition) is 4. The Balaban J connectivity index is 1.75. The lowest BCUT2D eigenvalue weighted by atomic mass is 10.1. The molecule has 0 saturated carbocycles. The van der Waals surface area contributed by atoms with Crippen LogP contribution in [-0.4, -0.2) is 34.7 Å². The van der Waals surface area contributed by atoms with Crippen LogP contribution >= 0.6 is 0 Å². The van der Waals surface area contributed by atoms with Gasteiger partial charge in [0.25, 0.3) is 0 Å². The lowest BCUT2D eigenvalue weighted by molar-refractivity contribution is -0.121. The average Bonchev–Trinajstić information content (AvgIpc) is 2.88. The van der Waals surface area contributed by atoms with Gasteiger partial charge >= 0.3 is 0 Å². The number of aliphatic hydroxyl groups is 1. The van der Waals surface area contributed by atoms with E-state index in [9.17, 15) is 9.90 Å². The highest BCUT2D eigenvalue weighted by molar-refractivity contribution is 5.83. The molecule has 0 aliphatic carbocycles. The van der Waals surface area contributed by atoms with Crippen molar-refractivity contribution in [3.05, 3.63) is 36.0 Å². The molecule has 1 aromatic carbocycles. The Hall–Kier alpha value is -1.85. The smallest absolute Gasteiger partial charge is 0.220 e. The molecule has 114 valence electrons. The van der Waals surface area contributed by atoms with Crippen LogP contribution in [0.15, 0.2) is 30.5 Å². The van der Waals surface area contributed by atoms with Gasteiger partial charge in [0.15, 0.2) is 0 Å². The highest BCUT2D eigenvalue weighted by Crippen LogP contribution is 2.19. The molecule has 2 rings (SSSR count). The Morgan fingerprint density at radius 3 is 2.95 bits per heavy atom. The Bertz CT molecular complexity index is 592. The first kappa shape index (κ1) is 15.5. The van der Waals surface area contributed by atoms with Crippen molar-refractivity contribution in [1.29, 1.82) is 0 Å². The summed E-state index contributed by atoms with van der Waals surface area (Å²) < 4.78 is 0. The third-order valence-corrected chi connectivity index (χ3v) is 3.68. The monoisotopic (exact) mass is 289 g/mol. The number of carbonyl (C=O) groups is 1. The van der Waals surface area contributed by atoms with E-state index in [0.717, 1.165) is 18.4 Å². The summed E-state index contributed by atoms with van der Waals surface area (Å²) in [5, 5.41) is 13.2. The van der Waals surface area contributed by atoms with Crippen molar-refractivity contribution in [2.45, 2.75) is 38.3 Å². The number of para-hydroxylation sites is 1. The molecule has 1 aromatic heterocycles. The first-order valence-electron chi connectivity index (χ1n) is 7.33. The molecule has 5 heteroatoms. The lowest BCUT2D eigenvalue weighted by Gasteiger charge is -2.15. The van der Waals surface area contributed by atoms with Gasteiger partial charge in [-0.2, -0.15) is 0 Å². The van der Waals surface area contributed by atoms with Crippen molar-refractivity contribution in [2.24, 2.45) is 5.73 Å². The van der Waals surface area contributed by atoms with Crippen molar-refractivity contribution in [2.75, 3.05) is 6.54 Å². The van der Waals surface area contributed by atoms with Crippen LogP contribution in [0, 0.1) is 0 Å². The number of rotatable bonds is 7. The van der Waals surface area contributed by atoms with Gasteiger partial charge in [-0.15, -0.1) is 0 Å². The van der Waals surface area contributed by atoms with Gasteiger partial charge in [0.05, 0.1) is 6.10 Å². The lowest BCUT2D eigenvalue weighted by Crippen LogP contribution is -2.43. The highest BCUT2D eigenvalue weighted by atomic mass is 16.3. The zero-order valence-electron chi connectivity index (χ0n) is 12.3. The number of aryl methyl sites for hydroxylation is 1. The predicted molar refractivity (Wildman–Crippen MR) is 83.9 cm³/mol. The van der Waals surface area contributed by atoms with Crippen LogP contribution in [0.4, 0.5) is 0 Å². The Morgan fingerprint density at radius 2 is 2.19 bits per heavy atom. The van der Waals surface area contributed by atoms with E-state index in [-0.39, 0.29) is 5.91 Å². The molecule has 5 N–H and O–H groups in total. The molecule has 5 nitrogen and oxygen atoms in total. The number of aliphatic hydroxyl groups excluding tert-OH is 1. The maximum Gasteiger partial charge on any atom is 0.220 e.